The van der Waals surface area contributed by atoms with Crippen molar-refractivity contribution in [1.29, 1.82) is 0 Å². The van der Waals surface area contributed by atoms with Crippen LogP contribution in [0.1, 0.15) is 79.1 Å². The summed E-state index contributed by atoms with van der Waals surface area (Å²) in [5.41, 5.74) is 6.07. The monoisotopic (exact) mass is 920 g/mol. The molecule has 3 fully saturated rings. The van der Waals surface area contributed by atoms with Gasteiger partial charge in [-0.05, 0) is 33.1 Å². The van der Waals surface area contributed by atoms with Crippen molar-refractivity contribution in [2.24, 2.45) is 17.6 Å². The summed E-state index contributed by atoms with van der Waals surface area (Å²) >= 11 is 0. The Kier molecular flexibility index (Phi) is 21.7. The van der Waals surface area contributed by atoms with Crippen LogP contribution < -0.4 is 11.1 Å². The first-order chi connectivity index (χ1) is 30.8. The molecule has 4 aliphatic heterocycles. The lowest BCUT2D eigenvalue weighted by Crippen LogP contribution is -2.62. The number of hydrogen-bond acceptors (Lipinski definition) is 17. The molecule has 0 aromatic carbocycles. The van der Waals surface area contributed by atoms with E-state index in [0.717, 1.165) is 0 Å². The molecule has 4 aliphatic rings. The number of alkyl carbamates (subject to hydrolysis) is 1. The van der Waals surface area contributed by atoms with Gasteiger partial charge in [-0.2, -0.15) is 0 Å². The Morgan fingerprint density at radius 3 is 1.88 bits per heavy atom. The van der Waals surface area contributed by atoms with E-state index in [-0.39, 0.29) is 38.0 Å². The number of carbonyl (C=O) groups is 2. The molecule has 19 atom stereocenters. The number of allylic oxidation sites excluding steroid dienone is 12. The van der Waals surface area contributed by atoms with Crippen LogP contribution in [0.4, 0.5) is 4.79 Å². The highest BCUT2D eigenvalue weighted by atomic mass is 16.7. The van der Waals surface area contributed by atoms with Gasteiger partial charge in [0.2, 0.25) is 0 Å². The Morgan fingerprint density at radius 1 is 0.646 bits per heavy atom. The summed E-state index contributed by atoms with van der Waals surface area (Å²) in [5.74, 6) is -3.50. The van der Waals surface area contributed by atoms with Gasteiger partial charge in [0, 0.05) is 37.5 Å². The van der Waals surface area contributed by atoms with Crippen LogP contribution in [0.5, 0.6) is 0 Å². The first-order valence-electron chi connectivity index (χ1n) is 22.5. The Hall–Kier alpha value is -3.60. The third-order valence-corrected chi connectivity index (χ3v) is 12.3. The summed E-state index contributed by atoms with van der Waals surface area (Å²) in [4.78, 5) is 25.1. The van der Waals surface area contributed by atoms with Crippen molar-refractivity contribution in [1.82, 2.24) is 5.32 Å². The standard InChI is InChI=1S/C47H72N2O16/c1-27-17-15-13-11-9-7-5-6-8-10-12-14-16-18-34(63-45-44(58)40(48)43(57)30(4)62-45)24-37-41-38(64-46(59)49-41)26-47(60,65-37)25-33(52)22-36(54)35(53)20-19-31(50)21-32(51)23-39(55)61-29(3)28(2)42(27)56/h5-18,27-38,40-45,50-54,56-58,60H,19-26,48H2,1-4H3,(H,49,59)/b6-5+,9-7+,10-8+,13-11+,14-12+,17-15+,18-16+/t27-,28-,29-,30+,31+,32+,33-,34-,35+,36+,37-,38-,40-,41-,42+,43+,44-,45-,47?/m0/s1. The van der Waals surface area contributed by atoms with Crippen LogP contribution >= 0.6 is 0 Å². The largest absolute Gasteiger partial charge is 0.462 e. The molecule has 3 saturated heterocycles. The van der Waals surface area contributed by atoms with Gasteiger partial charge in [0.1, 0.15) is 18.3 Å². The zero-order valence-electron chi connectivity index (χ0n) is 37.6. The molecule has 18 heteroatoms. The van der Waals surface area contributed by atoms with E-state index in [2.05, 4.69) is 5.32 Å². The highest BCUT2D eigenvalue weighted by Crippen LogP contribution is 2.38. The third-order valence-electron chi connectivity index (χ3n) is 12.3. The number of rotatable bonds is 2. The molecule has 366 valence electrons. The van der Waals surface area contributed by atoms with Crippen molar-refractivity contribution in [3.05, 3.63) is 85.1 Å². The molecule has 0 saturated carbocycles. The zero-order chi connectivity index (χ0) is 47.8. The summed E-state index contributed by atoms with van der Waals surface area (Å²) in [6, 6.07) is -1.84. The molecule has 0 radical (unpaired) electrons. The fourth-order valence-corrected chi connectivity index (χ4v) is 8.23. The zero-order valence-corrected chi connectivity index (χ0v) is 37.6. The second kappa shape index (κ2) is 26.1. The molecule has 12 N–H and O–H groups in total. The Labute approximate surface area is 381 Å². The average Bonchev–Trinajstić information content (AvgIpc) is 3.61. The minimum atomic E-state index is -2.09. The van der Waals surface area contributed by atoms with E-state index in [1.54, 1.807) is 51.2 Å². The molecule has 0 aliphatic carbocycles. The van der Waals surface area contributed by atoms with Crippen LogP contribution in [0.15, 0.2) is 85.1 Å². The number of ether oxygens (including phenoxy) is 5. The maximum absolute atomic E-state index is 12.6. The smallest absolute Gasteiger partial charge is 0.407 e. The molecular weight excluding hydrogens is 849 g/mol. The first-order valence-corrected chi connectivity index (χ1v) is 22.5. The van der Waals surface area contributed by atoms with Crippen LogP contribution in [0, 0.1) is 11.8 Å². The topological polar surface area (TPSA) is 300 Å². The first kappa shape index (κ1) is 54.0. The predicted molar refractivity (Wildman–Crippen MR) is 237 cm³/mol. The van der Waals surface area contributed by atoms with Gasteiger partial charge in [-0.3, -0.25) is 4.79 Å². The second-order valence-corrected chi connectivity index (χ2v) is 17.8. The number of fused-ring (bicyclic) bond motifs is 4. The van der Waals surface area contributed by atoms with E-state index >= 15 is 0 Å². The van der Waals surface area contributed by atoms with Gasteiger partial charge in [0.05, 0.1) is 79.5 Å². The number of amides is 1. The number of cyclic esters (lactones) is 1. The van der Waals surface area contributed by atoms with E-state index in [1.165, 1.54) is 0 Å². The maximum Gasteiger partial charge on any atom is 0.407 e. The Bertz CT molecular complexity index is 1700. The predicted octanol–water partition coefficient (Wildman–Crippen LogP) is 1.13. The maximum atomic E-state index is 12.6. The molecule has 65 heavy (non-hydrogen) atoms. The minimum Gasteiger partial charge on any atom is -0.462 e. The van der Waals surface area contributed by atoms with Crippen LogP contribution in [-0.4, -0.2) is 162 Å². The molecule has 4 rings (SSSR count). The number of hydrogen-bond donors (Lipinski definition) is 11. The highest BCUT2D eigenvalue weighted by Gasteiger charge is 2.53. The lowest BCUT2D eigenvalue weighted by atomic mass is 9.87. The van der Waals surface area contributed by atoms with E-state index in [4.69, 9.17) is 29.4 Å². The molecule has 1 amide bonds. The molecule has 2 bridgehead atoms. The number of nitrogens with one attached hydrogen (secondary N) is 1. The molecule has 0 spiro atoms. The number of esters is 1. The van der Waals surface area contributed by atoms with Crippen molar-refractivity contribution in [2.75, 3.05) is 0 Å². The van der Waals surface area contributed by atoms with Crippen LogP contribution in [0.3, 0.4) is 0 Å². The lowest BCUT2D eigenvalue weighted by Gasteiger charge is -2.44. The van der Waals surface area contributed by atoms with E-state index in [0.29, 0.717) is 0 Å². The highest BCUT2D eigenvalue weighted by molar-refractivity contribution is 5.70. The molecule has 0 aromatic heterocycles. The average molecular weight is 921 g/mol. The molecule has 4 heterocycles. The van der Waals surface area contributed by atoms with Gasteiger partial charge in [-0.15, -0.1) is 0 Å². The molecular formula is C47H72N2O16. The summed E-state index contributed by atoms with van der Waals surface area (Å²) < 4.78 is 29.1. The number of aliphatic hydroxyl groups excluding tert-OH is 8. The van der Waals surface area contributed by atoms with Gasteiger partial charge in [-0.25, -0.2) is 4.79 Å². The van der Waals surface area contributed by atoms with Crippen LogP contribution in [-0.2, 0) is 28.5 Å². The molecule has 18 nitrogen and oxygen atoms in total. The van der Waals surface area contributed by atoms with E-state index in [9.17, 15) is 55.5 Å². The summed E-state index contributed by atoms with van der Waals surface area (Å²) in [5, 5.41) is 100. The van der Waals surface area contributed by atoms with Crippen LogP contribution in [0.2, 0.25) is 0 Å². The number of aliphatic hydroxyl groups is 9. The third kappa shape index (κ3) is 17.2. The quantitative estimate of drug-likeness (QED) is 0.173. The van der Waals surface area contributed by atoms with Crippen molar-refractivity contribution in [3.63, 3.8) is 0 Å². The van der Waals surface area contributed by atoms with Gasteiger partial charge in [0.15, 0.2) is 12.1 Å². The Morgan fingerprint density at radius 2 is 1.25 bits per heavy atom. The fourth-order valence-electron chi connectivity index (χ4n) is 8.23. The van der Waals surface area contributed by atoms with Crippen LogP contribution in [0.25, 0.3) is 0 Å². The van der Waals surface area contributed by atoms with E-state index in [1.807, 2.05) is 61.6 Å². The summed E-state index contributed by atoms with van der Waals surface area (Å²) in [7, 11) is 0. The van der Waals surface area contributed by atoms with Crippen molar-refractivity contribution in [3.8, 4) is 0 Å². The minimum absolute atomic E-state index is 0.0414. The molecule has 1 unspecified atom stereocenters. The van der Waals surface area contributed by atoms with E-state index < -0.39 is 141 Å². The normalized spacial score (nSPS) is 46.2. The summed E-state index contributed by atoms with van der Waals surface area (Å²) in [6.07, 6.45) is 6.59. The SMILES string of the molecule is C[C@@H]1[C@H](O)[C@@H](C)/C=C/C=C/C=C/C=C/C=C/C=C/C=C/[C@H](O[C@@H]2O[C@H](C)[C@@H](O)[C@H](N)[C@@H]2O)C[C@@H]2OC(O)(C[C@@H](O)C[C@@H](O)[C@H](O)CC[C@@H](O)C[C@@H](O)CC(=O)O[C@H]1C)C[C@@H]1OC(=O)N[C@H]12. The fraction of sp³-hybridized carbons (Fsp3) is 0.660. The summed E-state index contributed by atoms with van der Waals surface area (Å²) in [6.45, 7) is 6.84. The van der Waals surface area contributed by atoms with Gasteiger partial charge < -0.3 is 80.7 Å². The van der Waals surface area contributed by atoms with Gasteiger partial charge >= 0.3 is 12.1 Å². The lowest BCUT2D eigenvalue weighted by molar-refractivity contribution is -0.298. The van der Waals surface area contributed by atoms with Crippen molar-refractivity contribution >= 4 is 12.1 Å². The van der Waals surface area contributed by atoms with Crippen molar-refractivity contribution in [2.45, 2.75) is 183 Å². The van der Waals surface area contributed by atoms with Crippen molar-refractivity contribution < 1.29 is 79.2 Å². The number of carbonyl (C=O) groups excluding carboxylic acids is 2. The van der Waals surface area contributed by atoms with Gasteiger partial charge in [-0.1, -0.05) is 98.9 Å². The Balaban J connectivity index is 1.53. The second-order valence-electron chi connectivity index (χ2n) is 17.8. The number of nitrogens with two attached hydrogens (primary N) is 1. The van der Waals surface area contributed by atoms with Gasteiger partial charge in [0.25, 0.3) is 0 Å². The molecule has 0 aromatic rings.